The summed E-state index contributed by atoms with van der Waals surface area (Å²) in [6.07, 6.45) is 0. The lowest BCUT2D eigenvalue weighted by Crippen LogP contribution is -2.35. The van der Waals surface area contributed by atoms with Crippen LogP contribution in [0.3, 0.4) is 0 Å². The summed E-state index contributed by atoms with van der Waals surface area (Å²) in [6, 6.07) is 2.13. The van der Waals surface area contributed by atoms with Crippen LogP contribution >= 0.6 is 22.9 Å². The Morgan fingerprint density at radius 3 is 2.73 bits per heavy atom. The van der Waals surface area contributed by atoms with Crippen molar-refractivity contribution in [3.8, 4) is 0 Å². The predicted molar refractivity (Wildman–Crippen MR) is 62.5 cm³/mol. The molecule has 84 valence electrons. The third-order valence-electron chi connectivity index (χ3n) is 2.14. The van der Waals surface area contributed by atoms with Crippen molar-refractivity contribution in [3.63, 3.8) is 0 Å². The average Bonchev–Trinajstić information content (AvgIpc) is 2.50. The maximum Gasteiger partial charge on any atom is 0.317 e. The van der Waals surface area contributed by atoms with Crippen molar-refractivity contribution >= 4 is 28.9 Å². The average molecular weight is 248 g/mol. The van der Waals surface area contributed by atoms with E-state index in [0.717, 1.165) is 9.90 Å². The predicted octanol–water partition coefficient (Wildman–Crippen LogP) is 2.70. The van der Waals surface area contributed by atoms with Gasteiger partial charge in [0.15, 0.2) is 0 Å². The van der Waals surface area contributed by atoms with Gasteiger partial charge in [-0.15, -0.1) is 11.3 Å². The zero-order chi connectivity index (χ0) is 11.4. The van der Waals surface area contributed by atoms with E-state index in [1.54, 1.807) is 0 Å². The molecule has 3 nitrogen and oxygen atoms in total. The number of nitrogens with zero attached hydrogens (tertiary/aromatic N) is 1. The summed E-state index contributed by atoms with van der Waals surface area (Å²) < 4.78 is 0.742. The summed E-state index contributed by atoms with van der Waals surface area (Å²) in [5.74, 6) is -0.810. The molecule has 1 N–H and O–H groups in total. The topological polar surface area (TPSA) is 40.5 Å². The van der Waals surface area contributed by atoms with Crippen LogP contribution in [0, 0.1) is 0 Å². The molecule has 0 aliphatic carbocycles. The second-order valence-corrected chi connectivity index (χ2v) is 5.13. The fourth-order valence-corrected chi connectivity index (χ4v) is 2.16. The molecule has 0 amide bonds. The molecule has 1 rings (SSSR count). The van der Waals surface area contributed by atoms with Gasteiger partial charge in [-0.1, -0.05) is 11.6 Å². The zero-order valence-corrected chi connectivity index (χ0v) is 10.3. The minimum absolute atomic E-state index is 0.0455. The smallest absolute Gasteiger partial charge is 0.317 e. The number of hydrogen-bond donors (Lipinski definition) is 1. The van der Waals surface area contributed by atoms with Crippen LogP contribution in [-0.2, 0) is 11.3 Å². The molecule has 0 unspecified atom stereocenters. The molecule has 0 aromatic carbocycles. The van der Waals surface area contributed by atoms with Crippen molar-refractivity contribution in [1.29, 1.82) is 0 Å². The van der Waals surface area contributed by atoms with Gasteiger partial charge in [0, 0.05) is 12.6 Å². The highest BCUT2D eigenvalue weighted by Crippen LogP contribution is 2.24. The molecule has 0 spiro atoms. The van der Waals surface area contributed by atoms with E-state index in [-0.39, 0.29) is 12.6 Å². The van der Waals surface area contributed by atoms with E-state index < -0.39 is 5.97 Å². The standard InChI is InChI=1S/C10H14ClNO2S/c1-7(2)12(6-9(13)14)5-8-3-4-15-10(8)11/h3-4,7H,5-6H2,1-2H3,(H,13,14). The molecule has 0 saturated heterocycles. The number of aliphatic carboxylic acids is 1. The number of hydrogen-bond acceptors (Lipinski definition) is 3. The molecule has 1 aromatic heterocycles. The molecule has 15 heavy (non-hydrogen) atoms. The quantitative estimate of drug-likeness (QED) is 0.870. The van der Waals surface area contributed by atoms with E-state index in [9.17, 15) is 4.79 Å². The van der Waals surface area contributed by atoms with Crippen molar-refractivity contribution in [1.82, 2.24) is 4.90 Å². The van der Waals surface area contributed by atoms with Gasteiger partial charge in [-0.3, -0.25) is 9.69 Å². The van der Waals surface area contributed by atoms with E-state index in [2.05, 4.69) is 0 Å². The number of thiophene rings is 1. The molecule has 0 fully saturated rings. The molecule has 0 saturated carbocycles. The van der Waals surface area contributed by atoms with E-state index in [0.29, 0.717) is 6.54 Å². The largest absolute Gasteiger partial charge is 0.480 e. The molecular weight excluding hydrogens is 234 g/mol. The van der Waals surface area contributed by atoms with E-state index in [1.165, 1.54) is 11.3 Å². The Labute approximate surface area is 98.3 Å². The first kappa shape index (κ1) is 12.5. The minimum atomic E-state index is -0.810. The van der Waals surface area contributed by atoms with Crippen LogP contribution in [0.5, 0.6) is 0 Å². The summed E-state index contributed by atoms with van der Waals surface area (Å²) in [4.78, 5) is 12.5. The van der Waals surface area contributed by atoms with Crippen molar-refractivity contribution in [2.75, 3.05) is 6.54 Å². The van der Waals surface area contributed by atoms with Crippen LogP contribution in [0.1, 0.15) is 19.4 Å². The van der Waals surface area contributed by atoms with Crippen LogP contribution < -0.4 is 0 Å². The number of carbonyl (C=O) groups is 1. The lowest BCUT2D eigenvalue weighted by Gasteiger charge is -2.24. The number of halogens is 1. The van der Waals surface area contributed by atoms with Crippen LogP contribution in [0.4, 0.5) is 0 Å². The fraction of sp³-hybridized carbons (Fsp3) is 0.500. The van der Waals surface area contributed by atoms with Gasteiger partial charge in [-0.05, 0) is 30.9 Å². The van der Waals surface area contributed by atoms with Crippen LogP contribution in [-0.4, -0.2) is 28.6 Å². The summed E-state index contributed by atoms with van der Waals surface area (Å²) >= 11 is 7.44. The summed E-state index contributed by atoms with van der Waals surface area (Å²) in [7, 11) is 0. The van der Waals surface area contributed by atoms with Crippen molar-refractivity contribution in [2.45, 2.75) is 26.4 Å². The molecule has 0 bridgehead atoms. The van der Waals surface area contributed by atoms with E-state index in [4.69, 9.17) is 16.7 Å². The molecular formula is C10H14ClNO2S. The molecule has 5 heteroatoms. The van der Waals surface area contributed by atoms with Gasteiger partial charge in [-0.2, -0.15) is 0 Å². The zero-order valence-electron chi connectivity index (χ0n) is 8.74. The maximum absolute atomic E-state index is 10.7. The molecule has 0 atom stereocenters. The molecule has 0 radical (unpaired) electrons. The Bertz CT molecular complexity index is 338. The highest BCUT2D eigenvalue weighted by molar-refractivity contribution is 7.14. The first-order chi connectivity index (χ1) is 7.00. The minimum Gasteiger partial charge on any atom is -0.480 e. The summed E-state index contributed by atoms with van der Waals surface area (Å²) in [5, 5.41) is 10.7. The third-order valence-corrected chi connectivity index (χ3v) is 3.39. The highest BCUT2D eigenvalue weighted by atomic mass is 35.5. The van der Waals surface area contributed by atoms with Gasteiger partial charge in [0.1, 0.15) is 0 Å². The van der Waals surface area contributed by atoms with E-state index >= 15 is 0 Å². The first-order valence-corrected chi connectivity index (χ1v) is 5.94. The molecule has 1 heterocycles. The van der Waals surface area contributed by atoms with E-state index in [1.807, 2.05) is 30.2 Å². The van der Waals surface area contributed by atoms with Crippen molar-refractivity contribution in [3.05, 3.63) is 21.3 Å². The first-order valence-electron chi connectivity index (χ1n) is 4.68. The van der Waals surface area contributed by atoms with Gasteiger partial charge in [0.25, 0.3) is 0 Å². The Morgan fingerprint density at radius 2 is 2.33 bits per heavy atom. The second-order valence-electron chi connectivity index (χ2n) is 3.61. The van der Waals surface area contributed by atoms with Gasteiger partial charge < -0.3 is 5.11 Å². The number of carboxylic acid groups (broad SMARTS) is 1. The normalized spacial score (nSPS) is 11.3. The lowest BCUT2D eigenvalue weighted by molar-refractivity contribution is -0.138. The summed E-state index contributed by atoms with van der Waals surface area (Å²) in [5.41, 5.74) is 0.997. The SMILES string of the molecule is CC(C)N(CC(=O)O)Cc1ccsc1Cl. The Balaban J connectivity index is 2.67. The highest BCUT2D eigenvalue weighted by Gasteiger charge is 2.15. The van der Waals surface area contributed by atoms with Gasteiger partial charge in [0.05, 0.1) is 10.9 Å². The molecule has 0 aliphatic rings. The van der Waals surface area contributed by atoms with Crippen LogP contribution in [0.15, 0.2) is 11.4 Å². The van der Waals surface area contributed by atoms with Crippen molar-refractivity contribution < 1.29 is 9.90 Å². The van der Waals surface area contributed by atoms with Crippen molar-refractivity contribution in [2.24, 2.45) is 0 Å². The molecule has 0 aliphatic heterocycles. The molecule has 1 aromatic rings. The Kier molecular flexibility index (Phi) is 4.57. The van der Waals surface area contributed by atoms with Gasteiger partial charge in [-0.25, -0.2) is 0 Å². The van der Waals surface area contributed by atoms with Crippen LogP contribution in [0.25, 0.3) is 0 Å². The third kappa shape index (κ3) is 3.81. The summed E-state index contributed by atoms with van der Waals surface area (Å²) in [6.45, 7) is 4.59. The lowest BCUT2D eigenvalue weighted by atomic mass is 10.2. The fourth-order valence-electron chi connectivity index (χ4n) is 1.25. The Morgan fingerprint density at radius 1 is 1.67 bits per heavy atom. The maximum atomic E-state index is 10.7. The number of carboxylic acids is 1. The Hall–Kier alpha value is -0.580. The number of rotatable bonds is 5. The second kappa shape index (κ2) is 5.49. The van der Waals surface area contributed by atoms with Crippen LogP contribution in [0.2, 0.25) is 4.34 Å². The van der Waals surface area contributed by atoms with Gasteiger partial charge >= 0.3 is 5.97 Å². The van der Waals surface area contributed by atoms with Gasteiger partial charge in [0.2, 0.25) is 0 Å². The monoisotopic (exact) mass is 247 g/mol.